The number of aromatic carboxylic acids is 1. The van der Waals surface area contributed by atoms with Crippen molar-refractivity contribution in [2.45, 2.75) is 0 Å². The van der Waals surface area contributed by atoms with Crippen LogP contribution in [0.5, 0.6) is 0 Å². The molecule has 0 atom stereocenters. The quantitative estimate of drug-likeness (QED) is 0.765. The van der Waals surface area contributed by atoms with E-state index < -0.39 is 5.97 Å². The minimum Gasteiger partial charge on any atom is -0.478 e. The fourth-order valence-electron chi connectivity index (χ4n) is 2.28. The number of carboxylic acid groups (broad SMARTS) is 1. The van der Waals surface area contributed by atoms with Crippen LogP contribution in [0.1, 0.15) is 10.4 Å². The van der Waals surface area contributed by atoms with Gasteiger partial charge in [-0.25, -0.2) is 4.79 Å². The first-order chi connectivity index (χ1) is 9.68. The molecular formula is C15H13N3O2. The largest absolute Gasteiger partial charge is 0.478 e. The summed E-state index contributed by atoms with van der Waals surface area (Å²) >= 11 is 0. The number of pyridine rings is 1. The van der Waals surface area contributed by atoms with Gasteiger partial charge in [-0.2, -0.15) is 0 Å². The Hall–Kier alpha value is -2.82. The third-order valence-corrected chi connectivity index (χ3v) is 3.27. The number of hydrogen-bond acceptors (Lipinski definition) is 3. The Kier molecular flexibility index (Phi) is 2.87. The van der Waals surface area contributed by atoms with Crippen LogP contribution in [-0.4, -0.2) is 28.1 Å². The summed E-state index contributed by atoms with van der Waals surface area (Å²) < 4.78 is 0. The van der Waals surface area contributed by atoms with Crippen LogP contribution in [0.25, 0.3) is 10.9 Å². The lowest BCUT2D eigenvalue weighted by Gasteiger charge is -2.18. The van der Waals surface area contributed by atoms with Crippen LogP contribution >= 0.6 is 0 Å². The molecule has 0 spiro atoms. The molecule has 0 saturated carbocycles. The first-order valence-corrected chi connectivity index (χ1v) is 6.16. The number of benzene rings is 1. The van der Waals surface area contributed by atoms with Gasteiger partial charge in [-0.15, -0.1) is 0 Å². The molecule has 2 aromatic heterocycles. The van der Waals surface area contributed by atoms with Gasteiger partial charge in [0.05, 0.1) is 11.9 Å². The molecule has 0 aliphatic carbocycles. The normalized spacial score (nSPS) is 10.7. The predicted octanol–water partition coefficient (Wildman–Crippen LogP) is 3.03. The molecule has 0 aliphatic rings. The van der Waals surface area contributed by atoms with E-state index in [4.69, 9.17) is 0 Å². The molecule has 0 amide bonds. The SMILES string of the molecule is CN(c1cccnc1)c1[nH]c2ccccc2c1C(=O)O. The van der Waals surface area contributed by atoms with Crippen molar-refractivity contribution >= 4 is 28.4 Å². The first kappa shape index (κ1) is 12.2. The first-order valence-electron chi connectivity index (χ1n) is 6.16. The van der Waals surface area contributed by atoms with Crippen molar-refractivity contribution in [2.24, 2.45) is 0 Å². The number of hydrogen-bond donors (Lipinski definition) is 2. The van der Waals surface area contributed by atoms with Gasteiger partial charge in [-0.3, -0.25) is 4.98 Å². The molecule has 0 aliphatic heterocycles. The molecule has 20 heavy (non-hydrogen) atoms. The van der Waals surface area contributed by atoms with Gasteiger partial charge in [-0.1, -0.05) is 18.2 Å². The number of carbonyl (C=O) groups is 1. The summed E-state index contributed by atoms with van der Waals surface area (Å²) in [7, 11) is 1.81. The van der Waals surface area contributed by atoms with E-state index in [-0.39, 0.29) is 5.56 Å². The summed E-state index contributed by atoms with van der Waals surface area (Å²) in [5.41, 5.74) is 1.89. The summed E-state index contributed by atoms with van der Waals surface area (Å²) in [6.45, 7) is 0. The topological polar surface area (TPSA) is 69.2 Å². The molecule has 5 heteroatoms. The number of anilines is 2. The van der Waals surface area contributed by atoms with Crippen molar-refractivity contribution in [2.75, 3.05) is 11.9 Å². The summed E-state index contributed by atoms with van der Waals surface area (Å²) in [4.78, 5) is 20.6. The van der Waals surface area contributed by atoms with Crippen LogP contribution in [0.3, 0.4) is 0 Å². The lowest BCUT2D eigenvalue weighted by Crippen LogP contribution is -2.13. The zero-order valence-corrected chi connectivity index (χ0v) is 10.9. The second-order valence-electron chi connectivity index (χ2n) is 4.47. The number of aromatic amines is 1. The van der Waals surface area contributed by atoms with Gasteiger partial charge >= 0.3 is 5.97 Å². The van der Waals surface area contributed by atoms with Crippen molar-refractivity contribution in [3.05, 3.63) is 54.4 Å². The smallest absolute Gasteiger partial charge is 0.340 e. The Morgan fingerprint density at radius 3 is 2.75 bits per heavy atom. The van der Waals surface area contributed by atoms with Crippen molar-refractivity contribution in [1.29, 1.82) is 0 Å². The summed E-state index contributed by atoms with van der Waals surface area (Å²) in [6.07, 6.45) is 3.37. The Balaban J connectivity index is 2.21. The number of nitrogens with zero attached hydrogens (tertiary/aromatic N) is 2. The van der Waals surface area contributed by atoms with E-state index >= 15 is 0 Å². The summed E-state index contributed by atoms with van der Waals surface area (Å²) in [6, 6.07) is 11.1. The highest BCUT2D eigenvalue weighted by Crippen LogP contribution is 2.31. The van der Waals surface area contributed by atoms with E-state index in [9.17, 15) is 9.90 Å². The Morgan fingerprint density at radius 2 is 2.05 bits per heavy atom. The van der Waals surface area contributed by atoms with Gasteiger partial charge < -0.3 is 15.0 Å². The third kappa shape index (κ3) is 1.89. The minimum absolute atomic E-state index is 0.270. The Labute approximate surface area is 115 Å². The Morgan fingerprint density at radius 1 is 1.25 bits per heavy atom. The lowest BCUT2D eigenvalue weighted by molar-refractivity contribution is 0.0700. The van der Waals surface area contributed by atoms with Gasteiger partial charge in [0.1, 0.15) is 11.4 Å². The maximum atomic E-state index is 11.6. The molecule has 0 unspecified atom stereocenters. The number of nitrogens with one attached hydrogen (secondary N) is 1. The van der Waals surface area contributed by atoms with Gasteiger partial charge in [0.25, 0.3) is 0 Å². The van der Waals surface area contributed by atoms with Crippen LogP contribution in [-0.2, 0) is 0 Å². The number of aromatic nitrogens is 2. The Bertz CT molecular complexity index is 765. The van der Waals surface area contributed by atoms with Crippen molar-refractivity contribution in [1.82, 2.24) is 9.97 Å². The number of fused-ring (bicyclic) bond motifs is 1. The monoisotopic (exact) mass is 267 g/mol. The fraction of sp³-hybridized carbons (Fsp3) is 0.0667. The van der Waals surface area contributed by atoms with E-state index in [1.54, 1.807) is 23.4 Å². The molecule has 0 fully saturated rings. The summed E-state index contributed by atoms with van der Waals surface area (Å²) in [5.74, 6) is -0.403. The molecule has 2 N–H and O–H groups in total. The summed E-state index contributed by atoms with van der Waals surface area (Å²) in [5, 5.41) is 10.2. The van der Waals surface area contributed by atoms with Gasteiger partial charge in [0.2, 0.25) is 0 Å². The number of para-hydroxylation sites is 1. The van der Waals surface area contributed by atoms with E-state index in [2.05, 4.69) is 9.97 Å². The fourth-order valence-corrected chi connectivity index (χ4v) is 2.28. The van der Waals surface area contributed by atoms with E-state index in [1.165, 1.54) is 0 Å². The molecule has 1 aromatic carbocycles. The average molecular weight is 267 g/mol. The maximum Gasteiger partial charge on any atom is 0.340 e. The van der Waals surface area contributed by atoms with Crippen molar-refractivity contribution in [3.63, 3.8) is 0 Å². The average Bonchev–Trinajstić information content (AvgIpc) is 2.86. The van der Waals surface area contributed by atoms with Gasteiger partial charge in [0, 0.05) is 24.1 Å². The van der Waals surface area contributed by atoms with Crippen LogP contribution in [0, 0.1) is 0 Å². The molecule has 3 rings (SSSR count). The van der Waals surface area contributed by atoms with E-state index in [0.29, 0.717) is 11.2 Å². The molecule has 100 valence electrons. The second kappa shape index (κ2) is 4.70. The minimum atomic E-state index is -0.951. The van der Waals surface area contributed by atoms with Crippen LogP contribution in [0.15, 0.2) is 48.8 Å². The highest BCUT2D eigenvalue weighted by atomic mass is 16.4. The molecule has 2 heterocycles. The van der Waals surface area contributed by atoms with Crippen molar-refractivity contribution in [3.8, 4) is 0 Å². The van der Waals surface area contributed by atoms with E-state index in [0.717, 1.165) is 11.2 Å². The number of rotatable bonds is 3. The van der Waals surface area contributed by atoms with Crippen LogP contribution in [0.2, 0.25) is 0 Å². The molecule has 3 aromatic rings. The van der Waals surface area contributed by atoms with Crippen LogP contribution < -0.4 is 4.90 Å². The number of H-pyrrole nitrogens is 1. The highest BCUT2D eigenvalue weighted by Gasteiger charge is 2.20. The predicted molar refractivity (Wildman–Crippen MR) is 77.6 cm³/mol. The molecule has 0 bridgehead atoms. The van der Waals surface area contributed by atoms with Gasteiger partial charge in [-0.05, 0) is 18.2 Å². The lowest BCUT2D eigenvalue weighted by atomic mass is 10.1. The van der Waals surface area contributed by atoms with Gasteiger partial charge in [0.15, 0.2) is 0 Å². The standard InChI is InChI=1S/C15H13N3O2/c1-18(10-5-4-8-16-9-10)14-13(15(19)20)11-6-2-3-7-12(11)17-14/h2-9,17H,1H3,(H,19,20). The highest BCUT2D eigenvalue weighted by molar-refractivity contribution is 6.09. The molecule has 5 nitrogen and oxygen atoms in total. The molecule has 0 saturated heterocycles. The maximum absolute atomic E-state index is 11.6. The third-order valence-electron chi connectivity index (χ3n) is 3.27. The zero-order valence-electron chi connectivity index (χ0n) is 10.9. The number of carboxylic acids is 1. The van der Waals surface area contributed by atoms with Crippen molar-refractivity contribution < 1.29 is 9.90 Å². The molecule has 0 radical (unpaired) electrons. The zero-order chi connectivity index (χ0) is 14.1. The second-order valence-corrected chi connectivity index (χ2v) is 4.47. The molecular weight excluding hydrogens is 254 g/mol. The van der Waals surface area contributed by atoms with E-state index in [1.807, 2.05) is 37.4 Å². The van der Waals surface area contributed by atoms with Crippen LogP contribution in [0.4, 0.5) is 11.5 Å².